The molecule has 0 aliphatic rings. The number of ether oxygens (including phenoxy) is 1. The number of pyridine rings is 1. The fraction of sp³-hybridized carbons (Fsp3) is 0.0714. The van der Waals surface area contributed by atoms with Crippen molar-refractivity contribution >= 4 is 28.6 Å². The summed E-state index contributed by atoms with van der Waals surface area (Å²) in [4.78, 5) is 16.0. The summed E-state index contributed by atoms with van der Waals surface area (Å²) in [6.45, 7) is 0. The zero-order valence-corrected chi connectivity index (χ0v) is 13.6. The molecule has 7 nitrogen and oxygen atoms in total. The molecule has 0 aliphatic heterocycles. The number of rotatable bonds is 3. The van der Waals surface area contributed by atoms with Gasteiger partial charge in [0.15, 0.2) is 11.5 Å². The van der Waals surface area contributed by atoms with Crippen LogP contribution in [0.1, 0.15) is 10.5 Å². The highest BCUT2D eigenvalue weighted by Crippen LogP contribution is 2.21. The second-order valence-corrected chi connectivity index (χ2v) is 5.35. The van der Waals surface area contributed by atoms with Crippen molar-refractivity contribution in [2.45, 2.75) is 0 Å². The van der Waals surface area contributed by atoms with Crippen molar-refractivity contribution in [3.05, 3.63) is 52.0 Å². The van der Waals surface area contributed by atoms with E-state index in [-0.39, 0.29) is 5.69 Å². The summed E-state index contributed by atoms with van der Waals surface area (Å²) >= 11 is 2.07. The topological polar surface area (TPSA) is 82.8 Å². The average molecular weight is 407 g/mol. The van der Waals surface area contributed by atoms with Gasteiger partial charge in [-0.15, -0.1) is 10.2 Å². The number of esters is 1. The summed E-state index contributed by atoms with van der Waals surface area (Å²) < 4.78 is 7.01. The Morgan fingerprint density at radius 2 is 2.09 bits per heavy atom. The number of halogens is 1. The summed E-state index contributed by atoms with van der Waals surface area (Å²) in [5.41, 5.74) is 1.49. The largest absolute Gasteiger partial charge is 0.464 e. The number of carbonyl (C=O) groups is 1. The molecule has 0 N–H and O–H groups in total. The third-order valence-corrected chi connectivity index (χ3v) is 3.44. The van der Waals surface area contributed by atoms with E-state index >= 15 is 0 Å². The maximum Gasteiger partial charge on any atom is 0.358 e. The summed E-state index contributed by atoms with van der Waals surface area (Å²) in [5.74, 6) is -0.0226. The monoisotopic (exact) mass is 407 g/mol. The standard InChI is InChI=1S/C14H10IN5O2/c1-22-14(21)10-8-11(9-4-2-3-7-16-9)20(19-10)13-6-5-12(15)17-18-13/h2-8H,1H3. The molecule has 3 aromatic heterocycles. The number of carbonyl (C=O) groups excluding carboxylic acids is 1. The van der Waals surface area contributed by atoms with Gasteiger partial charge in [0.05, 0.1) is 18.5 Å². The zero-order valence-electron chi connectivity index (χ0n) is 11.5. The van der Waals surface area contributed by atoms with E-state index < -0.39 is 5.97 Å². The van der Waals surface area contributed by atoms with Gasteiger partial charge in [-0.25, -0.2) is 9.48 Å². The van der Waals surface area contributed by atoms with Gasteiger partial charge in [0.1, 0.15) is 3.70 Å². The molecule has 110 valence electrons. The van der Waals surface area contributed by atoms with Crippen LogP contribution in [0.5, 0.6) is 0 Å². The van der Waals surface area contributed by atoms with Crippen molar-refractivity contribution in [2.24, 2.45) is 0 Å². The van der Waals surface area contributed by atoms with Crippen LogP contribution < -0.4 is 0 Å². The molecule has 0 fully saturated rings. The van der Waals surface area contributed by atoms with Gasteiger partial charge in [-0.2, -0.15) is 5.10 Å². The van der Waals surface area contributed by atoms with Crippen LogP contribution >= 0.6 is 22.6 Å². The van der Waals surface area contributed by atoms with E-state index in [1.807, 2.05) is 24.3 Å². The number of methoxy groups -OCH3 is 1. The Kier molecular flexibility index (Phi) is 4.09. The lowest BCUT2D eigenvalue weighted by Gasteiger charge is -2.04. The Labute approximate surface area is 139 Å². The van der Waals surface area contributed by atoms with Crippen LogP contribution in [0.3, 0.4) is 0 Å². The number of nitrogens with zero attached hydrogens (tertiary/aromatic N) is 5. The van der Waals surface area contributed by atoms with Crippen LogP contribution in [-0.4, -0.2) is 38.0 Å². The van der Waals surface area contributed by atoms with Crippen molar-refractivity contribution in [1.29, 1.82) is 0 Å². The molecular formula is C14H10IN5O2. The van der Waals surface area contributed by atoms with Gasteiger partial charge >= 0.3 is 5.97 Å². The molecule has 0 aliphatic carbocycles. The van der Waals surface area contributed by atoms with Gasteiger partial charge in [0.25, 0.3) is 0 Å². The summed E-state index contributed by atoms with van der Waals surface area (Å²) in [6.07, 6.45) is 1.67. The fourth-order valence-electron chi connectivity index (χ4n) is 1.88. The lowest BCUT2D eigenvalue weighted by molar-refractivity contribution is 0.0593. The SMILES string of the molecule is COC(=O)c1cc(-c2ccccn2)n(-c2ccc(I)nn2)n1. The molecule has 0 atom stereocenters. The third-order valence-electron chi connectivity index (χ3n) is 2.87. The molecule has 22 heavy (non-hydrogen) atoms. The first kappa shape index (κ1) is 14.6. The van der Waals surface area contributed by atoms with Crippen molar-refractivity contribution in [3.63, 3.8) is 0 Å². The lowest BCUT2D eigenvalue weighted by atomic mass is 10.2. The highest BCUT2D eigenvalue weighted by molar-refractivity contribution is 14.1. The van der Waals surface area contributed by atoms with Gasteiger partial charge in [-0.3, -0.25) is 4.98 Å². The van der Waals surface area contributed by atoms with E-state index in [4.69, 9.17) is 4.74 Å². The normalized spacial score (nSPS) is 10.5. The minimum Gasteiger partial charge on any atom is -0.464 e. The van der Waals surface area contributed by atoms with Crippen LogP contribution in [0.4, 0.5) is 0 Å². The summed E-state index contributed by atoms with van der Waals surface area (Å²) in [7, 11) is 1.31. The Morgan fingerprint density at radius 1 is 1.23 bits per heavy atom. The van der Waals surface area contributed by atoms with Crippen LogP contribution in [0, 0.1) is 3.70 Å². The quantitative estimate of drug-likeness (QED) is 0.489. The van der Waals surface area contributed by atoms with Crippen LogP contribution in [0.2, 0.25) is 0 Å². The number of aromatic nitrogens is 5. The Bertz CT molecular complexity index is 802. The van der Waals surface area contributed by atoms with E-state index in [2.05, 4.69) is 42.9 Å². The van der Waals surface area contributed by atoms with Gasteiger partial charge in [0.2, 0.25) is 0 Å². The van der Waals surface area contributed by atoms with E-state index in [9.17, 15) is 4.79 Å². The van der Waals surface area contributed by atoms with Crippen molar-refractivity contribution in [1.82, 2.24) is 25.0 Å². The molecule has 8 heteroatoms. The smallest absolute Gasteiger partial charge is 0.358 e. The predicted octanol–water partition coefficient (Wildman–Crippen LogP) is 2.12. The first-order chi connectivity index (χ1) is 10.7. The van der Waals surface area contributed by atoms with E-state index in [1.54, 1.807) is 18.3 Å². The highest BCUT2D eigenvalue weighted by atomic mass is 127. The maximum atomic E-state index is 11.7. The first-order valence-corrected chi connectivity index (χ1v) is 7.36. The van der Waals surface area contributed by atoms with Crippen LogP contribution in [0.25, 0.3) is 17.2 Å². The molecule has 3 heterocycles. The van der Waals surface area contributed by atoms with Crippen molar-refractivity contribution in [3.8, 4) is 17.2 Å². The second kappa shape index (κ2) is 6.18. The van der Waals surface area contributed by atoms with Gasteiger partial charge < -0.3 is 4.74 Å². The van der Waals surface area contributed by atoms with Gasteiger partial charge in [0, 0.05) is 12.3 Å². The molecule has 0 aromatic carbocycles. The minimum atomic E-state index is -0.519. The third kappa shape index (κ3) is 2.82. The average Bonchev–Trinajstić information content (AvgIpc) is 3.01. The maximum absolute atomic E-state index is 11.7. The molecule has 0 spiro atoms. The highest BCUT2D eigenvalue weighted by Gasteiger charge is 2.18. The molecular weight excluding hydrogens is 397 g/mol. The Balaban J connectivity index is 2.17. The zero-order chi connectivity index (χ0) is 15.5. The van der Waals surface area contributed by atoms with E-state index in [0.717, 1.165) is 3.70 Å². The second-order valence-electron chi connectivity index (χ2n) is 4.25. The van der Waals surface area contributed by atoms with Gasteiger partial charge in [-0.05, 0) is 46.9 Å². The molecule has 0 radical (unpaired) electrons. The Morgan fingerprint density at radius 3 is 2.73 bits per heavy atom. The molecule has 3 aromatic rings. The Hall–Kier alpha value is -2.36. The number of hydrogen-bond acceptors (Lipinski definition) is 6. The number of hydrogen-bond donors (Lipinski definition) is 0. The molecule has 0 amide bonds. The lowest BCUT2D eigenvalue weighted by Crippen LogP contribution is -2.07. The van der Waals surface area contributed by atoms with Gasteiger partial charge in [-0.1, -0.05) is 6.07 Å². The molecule has 0 saturated carbocycles. The summed E-state index contributed by atoms with van der Waals surface area (Å²) in [6, 6.07) is 10.7. The minimum absolute atomic E-state index is 0.184. The van der Waals surface area contributed by atoms with E-state index in [1.165, 1.54) is 11.8 Å². The van der Waals surface area contributed by atoms with Crippen LogP contribution in [-0.2, 0) is 4.74 Å². The molecule has 0 bridgehead atoms. The van der Waals surface area contributed by atoms with Crippen LogP contribution in [0.15, 0.2) is 42.6 Å². The molecule has 0 saturated heterocycles. The van der Waals surface area contributed by atoms with Crippen molar-refractivity contribution < 1.29 is 9.53 Å². The van der Waals surface area contributed by atoms with Crippen molar-refractivity contribution in [2.75, 3.05) is 7.11 Å². The van der Waals surface area contributed by atoms with E-state index in [0.29, 0.717) is 17.2 Å². The molecule has 0 unspecified atom stereocenters. The predicted molar refractivity (Wildman–Crippen MR) is 86.4 cm³/mol. The fourth-order valence-corrected chi connectivity index (χ4v) is 2.17. The first-order valence-electron chi connectivity index (χ1n) is 6.28. The summed E-state index contributed by atoms with van der Waals surface area (Å²) in [5, 5.41) is 12.4. The molecule has 3 rings (SSSR count).